The minimum atomic E-state index is -0.411. The summed E-state index contributed by atoms with van der Waals surface area (Å²) in [5, 5.41) is 4.44. The Labute approximate surface area is 120 Å². The monoisotopic (exact) mass is 299 g/mol. The fourth-order valence-electron chi connectivity index (χ4n) is 1.50. The second kappa shape index (κ2) is 7.41. The van der Waals surface area contributed by atoms with Gasteiger partial charge in [0, 0.05) is 6.54 Å². The molecule has 2 aromatic carbocycles. The maximum Gasteiger partial charge on any atom is 2.00 e. The number of rotatable bonds is 2. The number of hydrogen-bond donors (Lipinski definition) is 2. The molecule has 1 aromatic heterocycles. The van der Waals surface area contributed by atoms with Crippen LogP contribution in [0.15, 0.2) is 64.2 Å². The first kappa shape index (κ1) is 15.0. The van der Waals surface area contributed by atoms with E-state index in [0.29, 0.717) is 6.54 Å². The molecule has 3 aromatic rings. The zero-order chi connectivity index (χ0) is 12.8. The van der Waals surface area contributed by atoms with Crippen LogP contribution < -0.4 is 11.4 Å². The SMILES string of the molecule is O=c1[nH][nH]c(=O)n1Cc1ccc[cH-]1.[Fe+2].c1cc[cH-]c1. The summed E-state index contributed by atoms with van der Waals surface area (Å²) in [5.74, 6) is 0. The number of nitrogens with one attached hydrogen (secondary N) is 2. The van der Waals surface area contributed by atoms with Gasteiger partial charge in [-0.1, -0.05) is 0 Å². The summed E-state index contributed by atoms with van der Waals surface area (Å²) < 4.78 is 1.11. The Morgan fingerprint density at radius 1 is 1.00 bits per heavy atom. The Morgan fingerprint density at radius 3 is 2.05 bits per heavy atom. The van der Waals surface area contributed by atoms with E-state index in [1.807, 2.05) is 54.6 Å². The second-order valence-electron chi connectivity index (χ2n) is 3.70. The Morgan fingerprint density at radius 2 is 1.63 bits per heavy atom. The molecular formula is C13H13FeN3O2. The quantitative estimate of drug-likeness (QED) is 0.548. The molecule has 0 amide bonds. The topological polar surface area (TPSA) is 70.7 Å². The maximum atomic E-state index is 11.0. The zero-order valence-electron chi connectivity index (χ0n) is 10.0. The van der Waals surface area contributed by atoms with E-state index in [0.717, 1.165) is 10.1 Å². The van der Waals surface area contributed by atoms with Crippen molar-refractivity contribution in [3.05, 3.63) is 81.1 Å². The van der Waals surface area contributed by atoms with Gasteiger partial charge in [-0.25, -0.2) is 48.6 Å². The van der Waals surface area contributed by atoms with Crippen molar-refractivity contribution >= 4 is 0 Å². The van der Waals surface area contributed by atoms with Gasteiger partial charge in [-0.05, 0) is 0 Å². The van der Waals surface area contributed by atoms with Crippen LogP contribution in [-0.4, -0.2) is 14.8 Å². The third-order valence-electron chi connectivity index (χ3n) is 2.39. The summed E-state index contributed by atoms with van der Waals surface area (Å²) in [6, 6.07) is 17.4. The molecule has 0 unspecified atom stereocenters. The van der Waals surface area contributed by atoms with E-state index in [-0.39, 0.29) is 17.1 Å². The van der Waals surface area contributed by atoms with Gasteiger partial charge in [0.2, 0.25) is 0 Å². The van der Waals surface area contributed by atoms with Gasteiger partial charge in [-0.15, -0.1) is 5.56 Å². The molecule has 5 nitrogen and oxygen atoms in total. The van der Waals surface area contributed by atoms with Crippen LogP contribution >= 0.6 is 0 Å². The van der Waals surface area contributed by atoms with Gasteiger partial charge >= 0.3 is 28.4 Å². The third kappa shape index (κ3) is 4.28. The molecule has 0 spiro atoms. The molecule has 0 bridgehead atoms. The van der Waals surface area contributed by atoms with Crippen molar-refractivity contribution in [1.29, 1.82) is 0 Å². The van der Waals surface area contributed by atoms with E-state index >= 15 is 0 Å². The van der Waals surface area contributed by atoms with E-state index in [4.69, 9.17) is 0 Å². The van der Waals surface area contributed by atoms with Crippen LogP contribution in [-0.2, 0) is 23.6 Å². The van der Waals surface area contributed by atoms with Crippen LogP contribution in [0, 0.1) is 0 Å². The van der Waals surface area contributed by atoms with Crippen LogP contribution in [0.3, 0.4) is 0 Å². The van der Waals surface area contributed by atoms with Gasteiger partial charge in [-0.3, -0.25) is 0 Å². The molecule has 0 saturated carbocycles. The molecule has 0 aliphatic heterocycles. The van der Waals surface area contributed by atoms with Crippen molar-refractivity contribution < 1.29 is 17.1 Å². The molecule has 100 valence electrons. The number of aromatic amines is 2. The van der Waals surface area contributed by atoms with Crippen LogP contribution in [0.25, 0.3) is 0 Å². The first-order chi connectivity index (χ1) is 8.77. The van der Waals surface area contributed by atoms with E-state index in [2.05, 4.69) is 10.2 Å². The van der Waals surface area contributed by atoms with Gasteiger partial charge in [-0.2, -0.15) is 30.3 Å². The average Bonchev–Trinajstić information content (AvgIpc) is 3.08. The van der Waals surface area contributed by atoms with Crippen LogP contribution in [0.4, 0.5) is 0 Å². The molecule has 6 heteroatoms. The maximum absolute atomic E-state index is 11.0. The first-order valence-corrected chi connectivity index (χ1v) is 5.52. The molecule has 19 heavy (non-hydrogen) atoms. The second-order valence-corrected chi connectivity index (χ2v) is 3.70. The molecule has 0 aliphatic rings. The van der Waals surface area contributed by atoms with Gasteiger partial charge in [0.25, 0.3) is 0 Å². The smallest absolute Gasteiger partial charge is 0.247 e. The number of nitrogens with zero attached hydrogens (tertiary/aromatic N) is 1. The predicted octanol–water partition coefficient (Wildman–Crippen LogP) is 1.03. The number of aromatic nitrogens is 3. The molecule has 0 aliphatic carbocycles. The molecule has 0 saturated heterocycles. The molecule has 1 heterocycles. The van der Waals surface area contributed by atoms with Crippen molar-refractivity contribution in [1.82, 2.24) is 14.8 Å². The summed E-state index contributed by atoms with van der Waals surface area (Å²) in [6.45, 7) is 0.310. The predicted molar refractivity (Wildman–Crippen MR) is 68.8 cm³/mol. The molecule has 2 N–H and O–H groups in total. The summed E-state index contributed by atoms with van der Waals surface area (Å²) in [5.41, 5.74) is 0.115. The molecule has 0 atom stereocenters. The van der Waals surface area contributed by atoms with Crippen molar-refractivity contribution in [2.45, 2.75) is 6.54 Å². The summed E-state index contributed by atoms with van der Waals surface area (Å²) in [4.78, 5) is 22.1. The number of H-pyrrole nitrogens is 2. The van der Waals surface area contributed by atoms with Crippen molar-refractivity contribution in [3.8, 4) is 0 Å². The van der Waals surface area contributed by atoms with Crippen LogP contribution in [0.5, 0.6) is 0 Å². The average molecular weight is 299 g/mol. The Balaban J connectivity index is 0.000000256. The van der Waals surface area contributed by atoms with Gasteiger partial charge in [0.1, 0.15) is 0 Å². The van der Waals surface area contributed by atoms with Crippen LogP contribution in [0.1, 0.15) is 5.56 Å². The third-order valence-corrected chi connectivity index (χ3v) is 2.39. The van der Waals surface area contributed by atoms with E-state index in [1.54, 1.807) is 0 Å². The zero-order valence-corrected chi connectivity index (χ0v) is 11.1. The Hall–Kier alpha value is -2.04. The van der Waals surface area contributed by atoms with Crippen molar-refractivity contribution in [3.63, 3.8) is 0 Å². The van der Waals surface area contributed by atoms with Crippen molar-refractivity contribution in [2.75, 3.05) is 0 Å². The van der Waals surface area contributed by atoms with Gasteiger partial charge < -0.3 is 0 Å². The fourth-order valence-corrected chi connectivity index (χ4v) is 1.50. The van der Waals surface area contributed by atoms with Crippen molar-refractivity contribution in [2.24, 2.45) is 0 Å². The summed E-state index contributed by atoms with van der Waals surface area (Å²) in [6.07, 6.45) is 0. The summed E-state index contributed by atoms with van der Waals surface area (Å²) >= 11 is 0. The molecule has 0 fully saturated rings. The van der Waals surface area contributed by atoms with Gasteiger partial charge in [0.05, 0.1) is 0 Å². The minimum Gasteiger partial charge on any atom is -0.247 e. The Kier molecular flexibility index (Phi) is 5.85. The fraction of sp³-hybridized carbons (Fsp3) is 0.0769. The Bertz CT molecular complexity index is 615. The van der Waals surface area contributed by atoms with E-state index < -0.39 is 11.4 Å². The largest absolute Gasteiger partial charge is 2.00 e. The van der Waals surface area contributed by atoms with E-state index in [1.165, 1.54) is 0 Å². The number of hydrogen-bond acceptors (Lipinski definition) is 2. The van der Waals surface area contributed by atoms with E-state index in [9.17, 15) is 9.59 Å². The standard InChI is InChI=1S/C8H8N3O2.C5H5.Fe/c12-7-9-10-8(13)11(7)5-6-3-1-2-4-6;1-2-4-5-3-1;/h1-4H,5H2,(H,9,12)(H,10,13);1-5H;/q2*-1;+2. The normalized spacial score (nSPS) is 9.26. The molecule has 3 rings (SSSR count). The molecule has 0 radical (unpaired) electrons. The van der Waals surface area contributed by atoms with Gasteiger partial charge in [0.15, 0.2) is 0 Å². The summed E-state index contributed by atoms with van der Waals surface area (Å²) in [7, 11) is 0. The molecular weight excluding hydrogens is 286 g/mol. The first-order valence-electron chi connectivity index (χ1n) is 5.52. The van der Waals surface area contributed by atoms with Crippen LogP contribution in [0.2, 0.25) is 0 Å². The minimum absolute atomic E-state index is 0.